The molecule has 0 aliphatic heterocycles. The number of anilines is 1. The highest BCUT2D eigenvalue weighted by atomic mass is 19.4. The number of nitrogen functional groups attached to an aromatic ring is 1. The van der Waals surface area contributed by atoms with Crippen LogP contribution in [0.15, 0.2) is 30.6 Å². The molecule has 2 heterocycles. The normalized spacial score (nSPS) is 12.0. The zero-order valence-electron chi connectivity index (χ0n) is 10.9. The molecule has 0 bridgehead atoms. The van der Waals surface area contributed by atoms with Crippen molar-refractivity contribution in [3.05, 3.63) is 36.2 Å². The van der Waals surface area contributed by atoms with Crippen LogP contribution >= 0.6 is 0 Å². The third kappa shape index (κ3) is 2.39. The predicted molar refractivity (Wildman–Crippen MR) is 71.2 cm³/mol. The number of alkyl halides is 3. The van der Waals surface area contributed by atoms with Crippen LogP contribution in [0.25, 0.3) is 22.2 Å². The zero-order valence-corrected chi connectivity index (χ0v) is 10.9. The Labute approximate surface area is 117 Å². The number of hydrogen-bond acceptors (Lipinski definition) is 4. The highest BCUT2D eigenvalue weighted by Crippen LogP contribution is 2.34. The van der Waals surface area contributed by atoms with Crippen LogP contribution in [0.5, 0.6) is 0 Å². The van der Waals surface area contributed by atoms with Crippen molar-refractivity contribution in [2.75, 3.05) is 5.73 Å². The van der Waals surface area contributed by atoms with Crippen LogP contribution in [0.4, 0.5) is 19.1 Å². The minimum Gasteiger partial charge on any atom is -0.368 e. The Morgan fingerprint density at radius 1 is 1.19 bits per heavy atom. The third-order valence-corrected chi connectivity index (χ3v) is 3.02. The van der Waals surface area contributed by atoms with Crippen molar-refractivity contribution in [1.29, 1.82) is 0 Å². The lowest BCUT2D eigenvalue weighted by Crippen LogP contribution is -2.05. The van der Waals surface area contributed by atoms with Crippen LogP contribution in [0, 0.1) is 0 Å². The van der Waals surface area contributed by atoms with Gasteiger partial charge >= 0.3 is 6.18 Å². The van der Waals surface area contributed by atoms with Gasteiger partial charge in [0.05, 0.1) is 23.0 Å². The number of aryl methyl sites for hydroxylation is 1. The van der Waals surface area contributed by atoms with Gasteiger partial charge in [0, 0.05) is 24.2 Å². The maximum Gasteiger partial charge on any atom is 0.416 e. The molecule has 2 aromatic heterocycles. The second-order valence-electron chi connectivity index (χ2n) is 4.56. The summed E-state index contributed by atoms with van der Waals surface area (Å²) in [5.74, 6) is 0.00103. The molecule has 8 heteroatoms. The maximum atomic E-state index is 12.9. The lowest BCUT2D eigenvalue weighted by Gasteiger charge is -2.09. The average Bonchev–Trinajstić information content (AvgIpc) is 2.82. The number of fused-ring (bicyclic) bond motifs is 1. The van der Waals surface area contributed by atoms with Crippen LogP contribution in [-0.2, 0) is 13.2 Å². The van der Waals surface area contributed by atoms with Crippen molar-refractivity contribution in [3.63, 3.8) is 0 Å². The number of halogens is 3. The van der Waals surface area contributed by atoms with Gasteiger partial charge in [-0.2, -0.15) is 18.3 Å². The molecule has 0 spiro atoms. The number of nitrogens with zero attached hydrogens (tertiary/aromatic N) is 4. The highest BCUT2D eigenvalue weighted by Gasteiger charge is 2.31. The van der Waals surface area contributed by atoms with Crippen molar-refractivity contribution in [2.24, 2.45) is 7.05 Å². The minimum atomic E-state index is -4.43. The summed E-state index contributed by atoms with van der Waals surface area (Å²) < 4.78 is 40.1. The fourth-order valence-corrected chi connectivity index (χ4v) is 2.09. The molecule has 0 radical (unpaired) electrons. The summed E-state index contributed by atoms with van der Waals surface area (Å²) in [6, 6.07) is 3.29. The molecule has 108 valence electrons. The molecule has 0 aliphatic rings. The molecule has 0 unspecified atom stereocenters. The number of benzene rings is 1. The van der Waals surface area contributed by atoms with E-state index in [0.29, 0.717) is 16.8 Å². The van der Waals surface area contributed by atoms with Gasteiger partial charge in [0.2, 0.25) is 5.95 Å². The van der Waals surface area contributed by atoms with E-state index in [1.165, 1.54) is 16.9 Å². The van der Waals surface area contributed by atoms with Crippen LogP contribution in [-0.4, -0.2) is 19.7 Å². The standard InChI is InChI=1S/C13H10F3N5/c1-21-6-7(5-18-21)11-9-4-8(13(14,15)16)2-3-10(9)19-12(17)20-11/h2-6H,1H3,(H2,17,19,20). The molecule has 3 rings (SSSR count). The Balaban J connectivity index is 2.31. The molecule has 0 fully saturated rings. The van der Waals surface area contributed by atoms with E-state index in [2.05, 4.69) is 15.1 Å². The lowest BCUT2D eigenvalue weighted by atomic mass is 10.1. The van der Waals surface area contributed by atoms with Crippen molar-refractivity contribution in [2.45, 2.75) is 6.18 Å². The Kier molecular flexibility index (Phi) is 2.82. The van der Waals surface area contributed by atoms with E-state index in [4.69, 9.17) is 5.73 Å². The molecule has 2 N–H and O–H groups in total. The molecular weight excluding hydrogens is 283 g/mol. The number of aromatic nitrogens is 4. The van der Waals surface area contributed by atoms with Crippen molar-refractivity contribution in [1.82, 2.24) is 19.7 Å². The molecule has 0 saturated heterocycles. The van der Waals surface area contributed by atoms with Crippen LogP contribution in [0.2, 0.25) is 0 Å². The summed E-state index contributed by atoms with van der Waals surface area (Å²) in [4.78, 5) is 8.02. The van der Waals surface area contributed by atoms with Gasteiger partial charge in [0.1, 0.15) is 0 Å². The quantitative estimate of drug-likeness (QED) is 0.748. The van der Waals surface area contributed by atoms with E-state index in [1.54, 1.807) is 13.2 Å². The molecule has 3 aromatic rings. The molecular formula is C13H10F3N5. The topological polar surface area (TPSA) is 69.6 Å². The second kappa shape index (κ2) is 4.44. The van der Waals surface area contributed by atoms with Crippen molar-refractivity contribution in [3.8, 4) is 11.3 Å². The molecule has 0 aliphatic carbocycles. The van der Waals surface area contributed by atoms with Gasteiger partial charge in [-0.15, -0.1) is 0 Å². The SMILES string of the molecule is Cn1cc(-c2nc(N)nc3ccc(C(F)(F)F)cc23)cn1. The first-order chi connectivity index (χ1) is 9.84. The first-order valence-electron chi connectivity index (χ1n) is 5.98. The van der Waals surface area contributed by atoms with Gasteiger partial charge in [-0.25, -0.2) is 9.97 Å². The number of rotatable bonds is 1. The Hall–Kier alpha value is -2.64. The van der Waals surface area contributed by atoms with E-state index < -0.39 is 11.7 Å². The van der Waals surface area contributed by atoms with Crippen LogP contribution in [0.3, 0.4) is 0 Å². The summed E-state index contributed by atoms with van der Waals surface area (Å²) in [7, 11) is 1.71. The zero-order chi connectivity index (χ0) is 15.2. The Morgan fingerprint density at radius 3 is 2.57 bits per heavy atom. The summed E-state index contributed by atoms with van der Waals surface area (Å²) in [5, 5.41) is 4.28. The summed E-state index contributed by atoms with van der Waals surface area (Å²) in [6.07, 6.45) is -1.26. The first kappa shape index (κ1) is 13.3. The minimum absolute atomic E-state index is 0.00103. The summed E-state index contributed by atoms with van der Waals surface area (Å²) >= 11 is 0. The van der Waals surface area contributed by atoms with Crippen molar-refractivity contribution >= 4 is 16.9 Å². The first-order valence-corrected chi connectivity index (χ1v) is 5.98. The van der Waals surface area contributed by atoms with E-state index in [0.717, 1.165) is 12.1 Å². The van der Waals surface area contributed by atoms with Gasteiger partial charge in [-0.3, -0.25) is 4.68 Å². The van der Waals surface area contributed by atoms with E-state index in [1.807, 2.05) is 0 Å². The Bertz CT molecular complexity index is 822. The number of nitrogens with two attached hydrogens (primary N) is 1. The molecule has 21 heavy (non-hydrogen) atoms. The van der Waals surface area contributed by atoms with E-state index in [-0.39, 0.29) is 11.3 Å². The van der Waals surface area contributed by atoms with Crippen LogP contribution in [0.1, 0.15) is 5.56 Å². The lowest BCUT2D eigenvalue weighted by molar-refractivity contribution is -0.137. The van der Waals surface area contributed by atoms with E-state index in [9.17, 15) is 13.2 Å². The van der Waals surface area contributed by atoms with Crippen molar-refractivity contribution < 1.29 is 13.2 Å². The fraction of sp³-hybridized carbons (Fsp3) is 0.154. The third-order valence-electron chi connectivity index (χ3n) is 3.02. The smallest absolute Gasteiger partial charge is 0.368 e. The molecule has 1 aromatic carbocycles. The van der Waals surface area contributed by atoms with Gasteiger partial charge in [-0.1, -0.05) is 0 Å². The van der Waals surface area contributed by atoms with Gasteiger partial charge in [0.15, 0.2) is 0 Å². The molecule has 0 saturated carbocycles. The Morgan fingerprint density at radius 2 is 1.95 bits per heavy atom. The van der Waals surface area contributed by atoms with Gasteiger partial charge < -0.3 is 5.73 Å². The van der Waals surface area contributed by atoms with Crippen LogP contribution < -0.4 is 5.73 Å². The van der Waals surface area contributed by atoms with E-state index >= 15 is 0 Å². The average molecular weight is 293 g/mol. The summed E-state index contributed by atoms with van der Waals surface area (Å²) in [5.41, 5.74) is 6.13. The maximum absolute atomic E-state index is 12.9. The number of hydrogen-bond donors (Lipinski definition) is 1. The molecule has 0 atom stereocenters. The summed E-state index contributed by atoms with van der Waals surface area (Å²) in [6.45, 7) is 0. The molecule has 0 amide bonds. The van der Waals surface area contributed by atoms with Gasteiger partial charge in [-0.05, 0) is 18.2 Å². The monoisotopic (exact) mass is 293 g/mol. The predicted octanol–water partition coefficient (Wildman–Crippen LogP) is 2.63. The highest BCUT2D eigenvalue weighted by molar-refractivity contribution is 5.93. The molecule has 5 nitrogen and oxygen atoms in total. The fourth-order valence-electron chi connectivity index (χ4n) is 2.09. The van der Waals surface area contributed by atoms with Gasteiger partial charge in [0.25, 0.3) is 0 Å². The largest absolute Gasteiger partial charge is 0.416 e. The second-order valence-corrected chi connectivity index (χ2v) is 4.56.